The van der Waals surface area contributed by atoms with E-state index < -0.39 is 0 Å². The first kappa shape index (κ1) is 18.3. The first-order valence-corrected chi connectivity index (χ1v) is 8.35. The van der Waals surface area contributed by atoms with Gasteiger partial charge >= 0.3 is 0 Å². The van der Waals surface area contributed by atoms with Gasteiger partial charge in [-0.25, -0.2) is 0 Å². The van der Waals surface area contributed by atoms with Gasteiger partial charge in [0.15, 0.2) is 11.5 Å². The third-order valence-electron chi connectivity index (χ3n) is 4.05. The van der Waals surface area contributed by atoms with Crippen molar-refractivity contribution in [2.45, 2.75) is 39.5 Å². The van der Waals surface area contributed by atoms with E-state index in [1.807, 2.05) is 18.2 Å². The van der Waals surface area contributed by atoms with Crippen LogP contribution in [0.5, 0.6) is 11.5 Å². The van der Waals surface area contributed by atoms with Crippen molar-refractivity contribution in [3.63, 3.8) is 0 Å². The third-order valence-corrected chi connectivity index (χ3v) is 4.05. The molecular weight excluding hydrogens is 302 g/mol. The standard InChI is InChI=1S/C20H27NO3/c1-4-18(13-22)21-12-17-9-10-19(20(11-17)23-3)24-14-16-7-5-15(2)6-8-16/h5-11,18,21-22H,4,12-14H2,1-3H3. The number of aliphatic hydroxyl groups is 1. The zero-order valence-electron chi connectivity index (χ0n) is 14.7. The van der Waals surface area contributed by atoms with Crippen molar-refractivity contribution in [3.05, 3.63) is 59.2 Å². The van der Waals surface area contributed by atoms with Crippen LogP contribution < -0.4 is 14.8 Å². The molecule has 24 heavy (non-hydrogen) atoms. The van der Waals surface area contributed by atoms with Crippen LogP contribution in [-0.4, -0.2) is 24.9 Å². The summed E-state index contributed by atoms with van der Waals surface area (Å²) in [5.41, 5.74) is 3.46. The Hall–Kier alpha value is -2.04. The summed E-state index contributed by atoms with van der Waals surface area (Å²) in [5, 5.41) is 12.6. The SMILES string of the molecule is CCC(CO)NCc1ccc(OCc2ccc(C)cc2)c(OC)c1. The fourth-order valence-electron chi connectivity index (χ4n) is 2.39. The summed E-state index contributed by atoms with van der Waals surface area (Å²) in [4.78, 5) is 0. The smallest absolute Gasteiger partial charge is 0.161 e. The molecule has 0 aliphatic heterocycles. The number of benzene rings is 2. The van der Waals surface area contributed by atoms with Crippen molar-refractivity contribution in [1.29, 1.82) is 0 Å². The summed E-state index contributed by atoms with van der Waals surface area (Å²) in [6.45, 7) is 5.46. The quantitative estimate of drug-likeness (QED) is 0.740. The number of methoxy groups -OCH3 is 1. The van der Waals surface area contributed by atoms with Crippen molar-refractivity contribution >= 4 is 0 Å². The molecule has 130 valence electrons. The second-order valence-electron chi connectivity index (χ2n) is 5.93. The summed E-state index contributed by atoms with van der Waals surface area (Å²) in [7, 11) is 1.65. The average Bonchev–Trinajstić information content (AvgIpc) is 2.62. The van der Waals surface area contributed by atoms with Crippen LogP contribution in [0.2, 0.25) is 0 Å². The summed E-state index contributed by atoms with van der Waals surface area (Å²) in [5.74, 6) is 1.45. The Morgan fingerprint density at radius 2 is 1.75 bits per heavy atom. The van der Waals surface area contributed by atoms with Gasteiger partial charge < -0.3 is 19.9 Å². The topological polar surface area (TPSA) is 50.7 Å². The molecule has 2 aromatic carbocycles. The first-order chi connectivity index (χ1) is 11.7. The molecule has 2 N–H and O–H groups in total. The highest BCUT2D eigenvalue weighted by Gasteiger charge is 2.08. The van der Waals surface area contributed by atoms with Crippen molar-refractivity contribution < 1.29 is 14.6 Å². The van der Waals surface area contributed by atoms with Crippen LogP contribution in [-0.2, 0) is 13.2 Å². The predicted octanol–water partition coefficient (Wildman–Crippen LogP) is 3.44. The lowest BCUT2D eigenvalue weighted by molar-refractivity contribution is 0.238. The molecule has 2 aromatic rings. The maximum Gasteiger partial charge on any atom is 0.161 e. The lowest BCUT2D eigenvalue weighted by atomic mass is 10.1. The van der Waals surface area contributed by atoms with E-state index in [1.165, 1.54) is 5.56 Å². The van der Waals surface area contributed by atoms with Crippen LogP contribution in [0.1, 0.15) is 30.0 Å². The second kappa shape index (κ2) is 9.30. The van der Waals surface area contributed by atoms with Gasteiger partial charge in [0, 0.05) is 12.6 Å². The van der Waals surface area contributed by atoms with Crippen molar-refractivity contribution in [3.8, 4) is 11.5 Å². The molecule has 1 atom stereocenters. The summed E-state index contributed by atoms with van der Waals surface area (Å²) in [6, 6.07) is 14.3. The molecule has 0 heterocycles. The van der Waals surface area contributed by atoms with E-state index in [0.29, 0.717) is 13.2 Å². The largest absolute Gasteiger partial charge is 0.493 e. The van der Waals surface area contributed by atoms with Gasteiger partial charge in [-0.15, -0.1) is 0 Å². The minimum atomic E-state index is 0.119. The minimum absolute atomic E-state index is 0.119. The van der Waals surface area contributed by atoms with Crippen LogP contribution in [0.4, 0.5) is 0 Å². The fraction of sp³-hybridized carbons (Fsp3) is 0.400. The summed E-state index contributed by atoms with van der Waals surface area (Å²) in [6.07, 6.45) is 0.894. The molecule has 0 fully saturated rings. The highest BCUT2D eigenvalue weighted by molar-refractivity contribution is 5.43. The molecule has 0 amide bonds. The molecule has 0 aliphatic carbocycles. The van der Waals surface area contributed by atoms with Gasteiger partial charge in [0.2, 0.25) is 0 Å². The lowest BCUT2D eigenvalue weighted by Crippen LogP contribution is -2.31. The van der Waals surface area contributed by atoms with Crippen LogP contribution in [0.25, 0.3) is 0 Å². The number of rotatable bonds is 9. The maximum absolute atomic E-state index is 9.24. The van der Waals surface area contributed by atoms with Gasteiger partial charge in [0.05, 0.1) is 13.7 Å². The molecule has 4 nitrogen and oxygen atoms in total. The average molecular weight is 329 g/mol. The van der Waals surface area contributed by atoms with Crippen LogP contribution >= 0.6 is 0 Å². The molecule has 0 saturated carbocycles. The number of hydrogen-bond donors (Lipinski definition) is 2. The fourth-order valence-corrected chi connectivity index (χ4v) is 2.39. The Kier molecular flexibility index (Phi) is 7.09. The Morgan fingerprint density at radius 1 is 1.04 bits per heavy atom. The molecule has 0 saturated heterocycles. The number of ether oxygens (including phenoxy) is 2. The van der Waals surface area contributed by atoms with Crippen molar-refractivity contribution in [2.75, 3.05) is 13.7 Å². The Balaban J connectivity index is 1.99. The van der Waals surface area contributed by atoms with Crippen LogP contribution in [0, 0.1) is 6.92 Å². The Labute approximate surface area is 144 Å². The van der Waals surface area contributed by atoms with E-state index in [4.69, 9.17) is 9.47 Å². The molecular formula is C20H27NO3. The summed E-state index contributed by atoms with van der Waals surface area (Å²) < 4.78 is 11.3. The maximum atomic E-state index is 9.24. The molecule has 0 aromatic heterocycles. The van der Waals surface area contributed by atoms with E-state index >= 15 is 0 Å². The minimum Gasteiger partial charge on any atom is -0.493 e. The monoisotopic (exact) mass is 329 g/mol. The van der Waals surface area contributed by atoms with Crippen LogP contribution in [0.3, 0.4) is 0 Å². The zero-order chi connectivity index (χ0) is 17.4. The van der Waals surface area contributed by atoms with Gasteiger partial charge in [-0.2, -0.15) is 0 Å². The van der Waals surface area contributed by atoms with Crippen LogP contribution in [0.15, 0.2) is 42.5 Å². The first-order valence-electron chi connectivity index (χ1n) is 8.35. The normalized spacial score (nSPS) is 12.0. The number of aliphatic hydroxyl groups excluding tert-OH is 1. The van der Waals surface area contributed by atoms with Gasteiger partial charge in [0.25, 0.3) is 0 Å². The summed E-state index contributed by atoms with van der Waals surface area (Å²) >= 11 is 0. The Bertz CT molecular complexity index is 621. The van der Waals surface area contributed by atoms with E-state index in [1.54, 1.807) is 7.11 Å². The highest BCUT2D eigenvalue weighted by atomic mass is 16.5. The molecule has 0 radical (unpaired) electrons. The molecule has 2 rings (SSSR count). The molecule has 0 spiro atoms. The number of nitrogens with one attached hydrogen (secondary N) is 1. The Morgan fingerprint density at radius 3 is 2.38 bits per heavy atom. The molecule has 0 bridgehead atoms. The van der Waals surface area contributed by atoms with E-state index in [-0.39, 0.29) is 12.6 Å². The molecule has 0 aliphatic rings. The van der Waals surface area contributed by atoms with Gasteiger partial charge in [-0.1, -0.05) is 42.8 Å². The molecule has 4 heteroatoms. The molecule has 1 unspecified atom stereocenters. The predicted molar refractivity (Wildman–Crippen MR) is 96.5 cm³/mol. The van der Waals surface area contributed by atoms with E-state index in [2.05, 4.69) is 43.4 Å². The van der Waals surface area contributed by atoms with Crippen molar-refractivity contribution in [2.24, 2.45) is 0 Å². The second-order valence-corrected chi connectivity index (χ2v) is 5.93. The number of hydrogen-bond acceptors (Lipinski definition) is 4. The lowest BCUT2D eigenvalue weighted by Gasteiger charge is -2.16. The number of aryl methyl sites for hydroxylation is 1. The zero-order valence-corrected chi connectivity index (χ0v) is 14.7. The third kappa shape index (κ3) is 5.25. The van der Waals surface area contributed by atoms with E-state index in [9.17, 15) is 5.11 Å². The van der Waals surface area contributed by atoms with Gasteiger partial charge in [-0.3, -0.25) is 0 Å². The highest BCUT2D eigenvalue weighted by Crippen LogP contribution is 2.29. The van der Waals surface area contributed by atoms with Gasteiger partial charge in [0.1, 0.15) is 6.61 Å². The van der Waals surface area contributed by atoms with Crippen molar-refractivity contribution in [1.82, 2.24) is 5.32 Å². The van der Waals surface area contributed by atoms with E-state index in [0.717, 1.165) is 29.0 Å². The van der Waals surface area contributed by atoms with Gasteiger partial charge in [-0.05, 0) is 36.6 Å².